The third-order valence-corrected chi connectivity index (χ3v) is 5.04. The van der Waals surface area contributed by atoms with Crippen molar-refractivity contribution in [1.29, 1.82) is 0 Å². The Balaban J connectivity index is 0.00000176. The molecule has 2 N–H and O–H groups in total. The van der Waals surface area contributed by atoms with Gasteiger partial charge in [-0.05, 0) is 30.3 Å². The average molecular weight is 447 g/mol. The van der Waals surface area contributed by atoms with Crippen LogP contribution in [0.25, 0.3) is 0 Å². The van der Waals surface area contributed by atoms with E-state index in [1.165, 1.54) is 6.21 Å². The second-order valence-corrected chi connectivity index (χ2v) is 7.08. The zero-order valence-corrected chi connectivity index (χ0v) is 18.8. The first kappa shape index (κ1) is 25.1. The number of nitrogens with zero attached hydrogens (tertiary/aromatic N) is 3. The van der Waals surface area contributed by atoms with Gasteiger partial charge in [-0.15, -0.1) is 0 Å². The molecule has 1 saturated heterocycles. The number of halogens is 1. The molecule has 0 saturated carbocycles. The van der Waals surface area contributed by atoms with Gasteiger partial charge in [0.05, 0.1) is 34.2 Å². The number of methoxy groups -OCH3 is 2. The number of carbonyl (C=O) groups is 1. The lowest BCUT2D eigenvalue weighted by Crippen LogP contribution is -2.48. The van der Waals surface area contributed by atoms with Crippen LogP contribution in [-0.2, 0) is 11.3 Å². The Labute approximate surface area is 188 Å². The van der Waals surface area contributed by atoms with Crippen LogP contribution in [0.1, 0.15) is 11.1 Å². The van der Waals surface area contributed by atoms with Crippen molar-refractivity contribution in [2.24, 2.45) is 5.10 Å². The van der Waals surface area contributed by atoms with E-state index < -0.39 is 0 Å². The predicted molar refractivity (Wildman–Crippen MR) is 122 cm³/mol. The summed E-state index contributed by atoms with van der Waals surface area (Å²) >= 11 is 0. The fourth-order valence-electron chi connectivity index (χ4n) is 3.36. The minimum atomic E-state index is -0.176. The van der Waals surface area contributed by atoms with Crippen molar-refractivity contribution in [2.45, 2.75) is 6.54 Å². The predicted octanol–water partition coefficient (Wildman–Crippen LogP) is 2.26. The summed E-state index contributed by atoms with van der Waals surface area (Å²) in [6, 6.07) is 12.6. The number of benzene rings is 2. The first-order valence-corrected chi connectivity index (χ1v) is 10.2. The number of nitrogens with one attached hydrogen (secondary N) is 1. The Hall–Kier alpha value is -3.17. The normalized spacial score (nSPS) is 14.5. The van der Waals surface area contributed by atoms with Gasteiger partial charge in [-0.1, -0.05) is 12.1 Å². The number of ether oxygens (including phenoxy) is 2. The second kappa shape index (κ2) is 13.3. The maximum absolute atomic E-state index is 12.1. The highest BCUT2D eigenvalue weighted by Gasteiger charge is 2.20. The number of hydrazone groups is 1. The summed E-state index contributed by atoms with van der Waals surface area (Å²) in [4.78, 5) is 16.6. The second-order valence-electron chi connectivity index (χ2n) is 7.08. The van der Waals surface area contributed by atoms with E-state index in [9.17, 15) is 14.3 Å². The lowest BCUT2D eigenvalue weighted by atomic mass is 10.1. The molecule has 0 spiro atoms. The van der Waals surface area contributed by atoms with Gasteiger partial charge in [0, 0.05) is 43.9 Å². The Kier molecular flexibility index (Phi) is 10.4. The van der Waals surface area contributed by atoms with Gasteiger partial charge in [0.15, 0.2) is 0 Å². The van der Waals surface area contributed by atoms with Crippen LogP contribution in [0.4, 0.5) is 4.39 Å². The molecule has 0 unspecified atom stereocenters. The van der Waals surface area contributed by atoms with Crippen LogP contribution >= 0.6 is 0 Å². The smallest absolute Gasteiger partial charge is 0.254 e. The van der Waals surface area contributed by atoms with Gasteiger partial charge in [0.25, 0.3) is 5.91 Å². The van der Waals surface area contributed by atoms with Crippen LogP contribution in [0.15, 0.2) is 47.6 Å². The van der Waals surface area contributed by atoms with Crippen LogP contribution in [0.5, 0.6) is 17.2 Å². The minimum Gasteiger partial charge on any atom is -0.507 e. The molecule has 8 nitrogen and oxygen atoms in total. The summed E-state index contributed by atoms with van der Waals surface area (Å²) in [5.41, 5.74) is 4.16. The van der Waals surface area contributed by atoms with Gasteiger partial charge in [0.2, 0.25) is 0 Å². The Morgan fingerprint density at radius 1 is 1.09 bits per heavy atom. The van der Waals surface area contributed by atoms with E-state index in [1.54, 1.807) is 38.5 Å². The van der Waals surface area contributed by atoms with Crippen LogP contribution in [0.3, 0.4) is 0 Å². The van der Waals surface area contributed by atoms with Gasteiger partial charge in [0.1, 0.15) is 17.2 Å². The van der Waals surface area contributed by atoms with Crippen molar-refractivity contribution < 1.29 is 23.8 Å². The molecule has 2 aromatic carbocycles. The number of aromatic hydroxyl groups is 1. The minimum absolute atomic E-state index is 0.124. The Morgan fingerprint density at radius 2 is 1.78 bits per heavy atom. The molecule has 1 aliphatic heterocycles. The summed E-state index contributed by atoms with van der Waals surface area (Å²) in [6.45, 7) is 4.36. The molecule has 1 aliphatic rings. The largest absolute Gasteiger partial charge is 0.507 e. The molecule has 1 heterocycles. The Morgan fingerprint density at radius 3 is 2.44 bits per heavy atom. The summed E-state index contributed by atoms with van der Waals surface area (Å²) in [6.07, 6.45) is 1.44. The molecule has 3 rings (SSSR count). The van der Waals surface area contributed by atoms with E-state index in [0.29, 0.717) is 12.7 Å². The number of phenols is 1. The first-order valence-electron chi connectivity index (χ1n) is 10.2. The number of piperazine rings is 1. The average Bonchev–Trinajstić information content (AvgIpc) is 2.83. The molecule has 174 valence electrons. The number of hydrogen-bond donors (Lipinski definition) is 2. The van der Waals surface area contributed by atoms with E-state index in [1.807, 2.05) is 18.2 Å². The van der Waals surface area contributed by atoms with Crippen LogP contribution in [-0.4, -0.2) is 81.1 Å². The molecule has 9 heteroatoms. The van der Waals surface area contributed by atoms with E-state index in [4.69, 9.17) is 9.47 Å². The molecule has 32 heavy (non-hydrogen) atoms. The lowest BCUT2D eigenvalue weighted by Gasteiger charge is -2.34. The van der Waals surface area contributed by atoms with Crippen molar-refractivity contribution >= 4 is 12.1 Å². The molecule has 1 fully saturated rings. The molecule has 0 bridgehead atoms. The summed E-state index contributed by atoms with van der Waals surface area (Å²) < 4.78 is 20.3. The number of phenolic OH excluding ortho intramolecular Hbond substituents is 1. The topological polar surface area (TPSA) is 86.6 Å². The fraction of sp³-hybridized carbons (Fsp3) is 0.391. The van der Waals surface area contributed by atoms with Gasteiger partial charge < -0.3 is 14.6 Å². The number of alkyl halides is 1. The number of carbonyl (C=O) groups excluding carboxylic acids is 1. The van der Waals surface area contributed by atoms with Crippen LogP contribution in [0.2, 0.25) is 0 Å². The third-order valence-electron chi connectivity index (χ3n) is 5.04. The fourth-order valence-corrected chi connectivity index (χ4v) is 3.36. The quantitative estimate of drug-likeness (QED) is 0.478. The highest BCUT2D eigenvalue weighted by Crippen LogP contribution is 2.25. The van der Waals surface area contributed by atoms with Crippen molar-refractivity contribution in [2.75, 3.05) is 54.1 Å². The third kappa shape index (κ3) is 7.51. The van der Waals surface area contributed by atoms with Crippen molar-refractivity contribution in [3.63, 3.8) is 0 Å². The Bertz CT molecular complexity index is 886. The van der Waals surface area contributed by atoms with Crippen LogP contribution < -0.4 is 14.9 Å². The summed E-state index contributed by atoms with van der Waals surface area (Å²) in [5, 5.41) is 13.6. The number of para-hydroxylation sites is 1. The maximum Gasteiger partial charge on any atom is 0.254 e. The summed E-state index contributed by atoms with van der Waals surface area (Å²) in [7, 11) is 3.82. The molecule has 0 aliphatic carbocycles. The monoisotopic (exact) mass is 446 g/mol. The van der Waals surface area contributed by atoms with Gasteiger partial charge >= 0.3 is 0 Å². The van der Waals surface area contributed by atoms with Gasteiger partial charge in [-0.2, -0.15) is 5.10 Å². The molecular formula is C23H31FN4O4. The van der Waals surface area contributed by atoms with Gasteiger partial charge in [-0.3, -0.25) is 19.0 Å². The highest BCUT2D eigenvalue weighted by atomic mass is 19.1. The number of hydrogen-bond acceptors (Lipinski definition) is 7. The molecular weight excluding hydrogens is 415 g/mol. The summed E-state index contributed by atoms with van der Waals surface area (Å²) in [5.74, 6) is 1.61. The van der Waals surface area contributed by atoms with E-state index >= 15 is 0 Å². The number of rotatable bonds is 8. The molecule has 0 aromatic heterocycles. The standard InChI is InChI=1S/C22H28N4O4.CH3F/c1-29-19-7-8-21(30-2)18(13-19)15-25-9-11-26(12-10-25)16-22(28)24-23-14-17-5-3-4-6-20(17)27;1-2/h3-8,13-14,27H,9-12,15-16H2,1-2H3,(H,24,28);1H3/b23-14-;. The van der Waals surface area contributed by atoms with E-state index in [0.717, 1.165) is 49.8 Å². The lowest BCUT2D eigenvalue weighted by molar-refractivity contribution is -0.122. The molecule has 2 aromatic rings. The van der Waals surface area contributed by atoms with E-state index in [-0.39, 0.29) is 18.2 Å². The molecule has 0 atom stereocenters. The SMILES string of the molecule is CF.COc1ccc(OC)c(CN2CCN(CC(=O)N/N=C\c3ccccc3O)CC2)c1. The van der Waals surface area contributed by atoms with Gasteiger partial charge in [-0.25, -0.2) is 5.43 Å². The molecule has 1 amide bonds. The zero-order valence-electron chi connectivity index (χ0n) is 18.8. The van der Waals surface area contributed by atoms with Crippen molar-refractivity contribution in [1.82, 2.24) is 15.2 Å². The maximum atomic E-state index is 12.1. The first-order chi connectivity index (χ1) is 15.6. The van der Waals surface area contributed by atoms with E-state index in [2.05, 4.69) is 20.3 Å². The van der Waals surface area contributed by atoms with Crippen molar-refractivity contribution in [3.05, 3.63) is 53.6 Å². The zero-order chi connectivity index (χ0) is 23.3. The molecule has 0 radical (unpaired) electrons. The highest BCUT2D eigenvalue weighted by molar-refractivity contribution is 5.85. The van der Waals surface area contributed by atoms with Crippen molar-refractivity contribution in [3.8, 4) is 17.2 Å². The van der Waals surface area contributed by atoms with Crippen LogP contribution in [0, 0.1) is 0 Å². The number of amides is 1.